The lowest BCUT2D eigenvalue weighted by Gasteiger charge is -2.28. The predicted molar refractivity (Wildman–Crippen MR) is 73.8 cm³/mol. The van der Waals surface area contributed by atoms with Gasteiger partial charge < -0.3 is 5.32 Å². The first kappa shape index (κ1) is 15.4. The normalized spacial score (nSPS) is 17.8. The number of sulfonamides is 1. The molecular formula is C12H23N3O2S. The van der Waals surface area contributed by atoms with Crippen LogP contribution in [0.5, 0.6) is 0 Å². The minimum atomic E-state index is -3.22. The summed E-state index contributed by atoms with van der Waals surface area (Å²) < 4.78 is 25.7. The van der Waals surface area contributed by atoms with Crippen LogP contribution in [-0.4, -0.2) is 69.2 Å². The lowest BCUT2D eigenvalue weighted by atomic mass is 10.4. The molecule has 18 heavy (non-hydrogen) atoms. The molecule has 0 amide bonds. The third kappa shape index (κ3) is 4.94. The van der Waals surface area contributed by atoms with E-state index in [0.29, 0.717) is 13.1 Å². The Morgan fingerprint density at radius 2 is 2.06 bits per heavy atom. The van der Waals surface area contributed by atoms with E-state index in [1.165, 1.54) is 4.31 Å². The molecule has 0 aromatic rings. The Balaban J connectivity index is 2.48. The quantitative estimate of drug-likeness (QED) is 0.639. The van der Waals surface area contributed by atoms with E-state index in [-0.39, 0.29) is 12.3 Å². The van der Waals surface area contributed by atoms with Crippen LogP contribution < -0.4 is 5.32 Å². The van der Waals surface area contributed by atoms with Crippen LogP contribution in [0.4, 0.5) is 0 Å². The number of nitrogens with zero attached hydrogens (tertiary/aromatic N) is 2. The molecule has 104 valence electrons. The van der Waals surface area contributed by atoms with Crippen LogP contribution in [0, 0.1) is 12.3 Å². The molecule has 1 N–H and O–H groups in total. The van der Waals surface area contributed by atoms with Gasteiger partial charge in [0.2, 0.25) is 10.0 Å². The van der Waals surface area contributed by atoms with E-state index in [1.54, 1.807) is 0 Å². The number of hydrogen-bond donors (Lipinski definition) is 1. The monoisotopic (exact) mass is 273 g/mol. The first-order chi connectivity index (χ1) is 8.60. The Hall–Kier alpha value is -0.610. The van der Waals surface area contributed by atoms with Crippen molar-refractivity contribution in [1.82, 2.24) is 14.5 Å². The van der Waals surface area contributed by atoms with E-state index in [2.05, 4.69) is 16.1 Å². The summed E-state index contributed by atoms with van der Waals surface area (Å²) in [6, 6.07) is 0. The number of piperazine rings is 1. The van der Waals surface area contributed by atoms with Gasteiger partial charge in [0, 0.05) is 39.3 Å². The summed E-state index contributed by atoms with van der Waals surface area (Å²) in [4.78, 5) is 2.17. The first-order valence-corrected chi connectivity index (χ1v) is 8.05. The summed E-state index contributed by atoms with van der Waals surface area (Å²) in [5, 5.41) is 3.25. The van der Waals surface area contributed by atoms with Crippen LogP contribution in [0.2, 0.25) is 0 Å². The van der Waals surface area contributed by atoms with Gasteiger partial charge in [0.15, 0.2) is 0 Å². The average molecular weight is 273 g/mol. The highest BCUT2D eigenvalue weighted by Gasteiger charge is 2.21. The van der Waals surface area contributed by atoms with Gasteiger partial charge in [0.25, 0.3) is 0 Å². The zero-order chi connectivity index (χ0) is 13.4. The van der Waals surface area contributed by atoms with Crippen LogP contribution in [0.3, 0.4) is 0 Å². The topological polar surface area (TPSA) is 52.7 Å². The van der Waals surface area contributed by atoms with Gasteiger partial charge in [-0.1, -0.05) is 12.8 Å². The molecule has 0 aromatic carbocycles. The minimum absolute atomic E-state index is 0.161. The van der Waals surface area contributed by atoms with Gasteiger partial charge >= 0.3 is 0 Å². The highest BCUT2D eigenvalue weighted by molar-refractivity contribution is 7.89. The van der Waals surface area contributed by atoms with Gasteiger partial charge in [-0.25, -0.2) is 8.42 Å². The van der Waals surface area contributed by atoms with Crippen molar-refractivity contribution >= 4 is 10.0 Å². The van der Waals surface area contributed by atoms with Crippen LogP contribution in [0.15, 0.2) is 0 Å². The summed E-state index contributed by atoms with van der Waals surface area (Å²) in [5.41, 5.74) is 0. The summed E-state index contributed by atoms with van der Waals surface area (Å²) in [6.45, 7) is 6.93. The molecule has 6 heteroatoms. The van der Waals surface area contributed by atoms with Crippen molar-refractivity contribution in [3.63, 3.8) is 0 Å². The molecule has 0 bridgehead atoms. The molecular weight excluding hydrogens is 250 g/mol. The second-order valence-electron chi connectivity index (χ2n) is 4.45. The molecule has 0 atom stereocenters. The van der Waals surface area contributed by atoms with Crippen LogP contribution in [0.1, 0.15) is 13.3 Å². The van der Waals surface area contributed by atoms with Crippen molar-refractivity contribution in [3.8, 4) is 12.3 Å². The standard InChI is InChI=1S/C12H23N3O2S/c1-3-7-15(8-4-2)18(16,17)12-11-14-9-5-13-6-10-14/h1,13H,4-12H2,2H3. The van der Waals surface area contributed by atoms with Crippen molar-refractivity contribution in [2.45, 2.75) is 13.3 Å². The molecule has 1 rings (SSSR count). The van der Waals surface area contributed by atoms with Gasteiger partial charge in [-0.05, 0) is 6.42 Å². The molecule has 0 unspecified atom stereocenters. The summed E-state index contributed by atoms with van der Waals surface area (Å²) in [6.07, 6.45) is 6.01. The van der Waals surface area contributed by atoms with Gasteiger partial charge in [0.1, 0.15) is 0 Å². The molecule has 0 spiro atoms. The molecule has 1 aliphatic rings. The SMILES string of the molecule is C#CCN(CCC)S(=O)(=O)CCN1CCNCC1. The Bertz CT molecular complexity index is 369. The average Bonchev–Trinajstić information content (AvgIpc) is 2.37. The molecule has 1 fully saturated rings. The summed E-state index contributed by atoms with van der Waals surface area (Å²) in [7, 11) is -3.22. The largest absolute Gasteiger partial charge is 0.314 e. The van der Waals surface area contributed by atoms with E-state index >= 15 is 0 Å². The molecule has 0 aliphatic carbocycles. The lowest BCUT2D eigenvalue weighted by Crippen LogP contribution is -2.46. The molecule has 0 radical (unpaired) electrons. The highest BCUT2D eigenvalue weighted by Crippen LogP contribution is 2.04. The summed E-state index contributed by atoms with van der Waals surface area (Å²) >= 11 is 0. The number of rotatable bonds is 7. The van der Waals surface area contributed by atoms with E-state index in [1.807, 2.05) is 6.92 Å². The second kappa shape index (κ2) is 7.74. The third-order valence-electron chi connectivity index (χ3n) is 3.01. The predicted octanol–water partition coefficient (Wildman–Crippen LogP) is -0.433. The van der Waals surface area contributed by atoms with Gasteiger partial charge in [-0.2, -0.15) is 4.31 Å². The lowest BCUT2D eigenvalue weighted by molar-refractivity contribution is 0.252. The van der Waals surface area contributed by atoms with E-state index in [4.69, 9.17) is 6.42 Å². The molecule has 5 nitrogen and oxygen atoms in total. The fraction of sp³-hybridized carbons (Fsp3) is 0.833. The fourth-order valence-corrected chi connectivity index (χ4v) is 3.46. The zero-order valence-corrected chi connectivity index (χ0v) is 11.9. The van der Waals surface area contributed by atoms with E-state index in [9.17, 15) is 8.42 Å². The van der Waals surface area contributed by atoms with Crippen LogP contribution in [0.25, 0.3) is 0 Å². The first-order valence-electron chi connectivity index (χ1n) is 6.44. The smallest absolute Gasteiger partial charge is 0.216 e. The molecule has 1 aliphatic heterocycles. The Morgan fingerprint density at radius 3 is 2.61 bits per heavy atom. The maximum atomic E-state index is 12.1. The molecule has 0 saturated carbocycles. The Kier molecular flexibility index (Phi) is 6.65. The zero-order valence-electron chi connectivity index (χ0n) is 11.1. The Labute approximate surface area is 111 Å². The van der Waals surface area contributed by atoms with Crippen molar-refractivity contribution in [2.75, 3.05) is 51.6 Å². The maximum absolute atomic E-state index is 12.1. The molecule has 1 heterocycles. The molecule has 0 aromatic heterocycles. The third-order valence-corrected chi connectivity index (χ3v) is 4.81. The van der Waals surface area contributed by atoms with Gasteiger partial charge in [-0.3, -0.25) is 4.90 Å². The fourth-order valence-electron chi connectivity index (χ4n) is 1.98. The maximum Gasteiger partial charge on any atom is 0.216 e. The van der Waals surface area contributed by atoms with Gasteiger partial charge in [0.05, 0.1) is 12.3 Å². The van der Waals surface area contributed by atoms with Crippen LogP contribution >= 0.6 is 0 Å². The minimum Gasteiger partial charge on any atom is -0.314 e. The second-order valence-corrected chi connectivity index (χ2v) is 6.53. The van der Waals surface area contributed by atoms with E-state index < -0.39 is 10.0 Å². The van der Waals surface area contributed by atoms with Crippen molar-refractivity contribution in [2.24, 2.45) is 0 Å². The highest BCUT2D eigenvalue weighted by atomic mass is 32.2. The summed E-state index contributed by atoms with van der Waals surface area (Å²) in [5.74, 6) is 2.58. The van der Waals surface area contributed by atoms with Crippen molar-refractivity contribution in [1.29, 1.82) is 0 Å². The number of hydrogen-bond acceptors (Lipinski definition) is 4. The van der Waals surface area contributed by atoms with Gasteiger partial charge in [-0.15, -0.1) is 6.42 Å². The Morgan fingerprint density at radius 1 is 1.39 bits per heavy atom. The molecule has 1 saturated heterocycles. The van der Waals surface area contributed by atoms with E-state index in [0.717, 1.165) is 32.6 Å². The van der Waals surface area contributed by atoms with Crippen molar-refractivity contribution < 1.29 is 8.42 Å². The van der Waals surface area contributed by atoms with Crippen molar-refractivity contribution in [3.05, 3.63) is 0 Å². The van der Waals surface area contributed by atoms with Crippen LogP contribution in [-0.2, 0) is 10.0 Å². The number of terminal acetylenes is 1. The number of nitrogens with one attached hydrogen (secondary N) is 1.